The molecule has 1 aromatic carbocycles. The minimum atomic E-state index is -0.188. The molecule has 2 amide bonds. The number of carbonyl (C=O) groups is 1. The van der Waals surface area contributed by atoms with Gasteiger partial charge in [-0.3, -0.25) is 5.32 Å². The number of anilines is 1. The third kappa shape index (κ3) is 4.31. The summed E-state index contributed by atoms with van der Waals surface area (Å²) in [5.41, 5.74) is 1.83. The van der Waals surface area contributed by atoms with Gasteiger partial charge in [0.1, 0.15) is 5.82 Å². The van der Waals surface area contributed by atoms with Gasteiger partial charge in [-0.05, 0) is 37.5 Å². The molecule has 0 saturated carbocycles. The molecule has 0 aliphatic carbocycles. The zero-order valence-corrected chi connectivity index (χ0v) is 14.8. The number of amides is 2. The molecule has 6 nitrogen and oxygen atoms in total. The molecule has 1 saturated heterocycles. The fourth-order valence-corrected chi connectivity index (χ4v) is 3.24. The maximum absolute atomic E-state index is 12.5. The molecule has 3 rings (SSSR count). The molecule has 1 aliphatic heterocycles. The first kappa shape index (κ1) is 17.3. The second-order valence-corrected chi connectivity index (χ2v) is 6.74. The van der Waals surface area contributed by atoms with Crippen LogP contribution in [-0.4, -0.2) is 33.8 Å². The molecular formula is C18H20ClN5O. The third-order valence-corrected chi connectivity index (χ3v) is 4.48. The number of likely N-dealkylation sites (tertiary alicyclic amines) is 1. The van der Waals surface area contributed by atoms with E-state index in [4.69, 9.17) is 16.9 Å². The zero-order chi connectivity index (χ0) is 17.8. The SMILES string of the molecule is Cc1cc(NC(=O)N2CCCC(C#N)C2)n(Cc2cccc(Cl)c2)n1. The van der Waals surface area contributed by atoms with Gasteiger partial charge in [-0.15, -0.1) is 0 Å². The van der Waals surface area contributed by atoms with E-state index in [1.165, 1.54) is 0 Å². The number of nitriles is 1. The second-order valence-electron chi connectivity index (χ2n) is 6.30. The minimum absolute atomic E-state index is 0.0855. The number of urea groups is 1. The smallest absolute Gasteiger partial charge is 0.323 e. The summed E-state index contributed by atoms with van der Waals surface area (Å²) in [5.74, 6) is 0.555. The molecular weight excluding hydrogens is 338 g/mol. The van der Waals surface area contributed by atoms with Crippen molar-refractivity contribution in [1.29, 1.82) is 5.26 Å². The molecule has 130 valence electrons. The molecule has 0 spiro atoms. The quantitative estimate of drug-likeness (QED) is 0.910. The van der Waals surface area contributed by atoms with Crippen molar-refractivity contribution in [2.75, 3.05) is 18.4 Å². The lowest BCUT2D eigenvalue weighted by Gasteiger charge is -2.29. The molecule has 0 bridgehead atoms. The number of benzene rings is 1. The number of nitrogens with one attached hydrogen (secondary N) is 1. The topological polar surface area (TPSA) is 74.0 Å². The Hall–Kier alpha value is -2.52. The molecule has 1 aromatic heterocycles. The summed E-state index contributed by atoms with van der Waals surface area (Å²) < 4.78 is 1.75. The van der Waals surface area contributed by atoms with Gasteiger partial charge >= 0.3 is 6.03 Å². The van der Waals surface area contributed by atoms with Gasteiger partial charge in [0.2, 0.25) is 0 Å². The third-order valence-electron chi connectivity index (χ3n) is 4.25. The van der Waals surface area contributed by atoms with Gasteiger partial charge in [0.05, 0.1) is 24.2 Å². The molecule has 1 fully saturated rings. The largest absolute Gasteiger partial charge is 0.323 e. The van der Waals surface area contributed by atoms with E-state index < -0.39 is 0 Å². The van der Waals surface area contributed by atoms with Gasteiger partial charge in [-0.1, -0.05) is 23.7 Å². The first-order valence-electron chi connectivity index (χ1n) is 8.29. The lowest BCUT2D eigenvalue weighted by molar-refractivity contribution is 0.189. The lowest BCUT2D eigenvalue weighted by Crippen LogP contribution is -2.42. The Morgan fingerprint density at radius 3 is 3.08 bits per heavy atom. The van der Waals surface area contributed by atoms with Crippen LogP contribution in [0.2, 0.25) is 5.02 Å². The highest BCUT2D eigenvalue weighted by Gasteiger charge is 2.24. The Kier molecular flexibility index (Phi) is 5.25. The fraction of sp³-hybridized carbons (Fsp3) is 0.389. The van der Waals surface area contributed by atoms with Gasteiger partial charge in [0.15, 0.2) is 0 Å². The number of carbonyl (C=O) groups excluding carboxylic acids is 1. The van der Waals surface area contributed by atoms with E-state index in [0.717, 1.165) is 24.1 Å². The monoisotopic (exact) mass is 357 g/mol. The van der Waals surface area contributed by atoms with Crippen LogP contribution in [0, 0.1) is 24.2 Å². The van der Waals surface area contributed by atoms with E-state index in [1.807, 2.05) is 37.3 Å². The predicted molar refractivity (Wildman–Crippen MR) is 96.4 cm³/mol. The highest BCUT2D eigenvalue weighted by molar-refractivity contribution is 6.30. The van der Waals surface area contributed by atoms with E-state index in [1.54, 1.807) is 9.58 Å². The second kappa shape index (κ2) is 7.58. The molecule has 1 atom stereocenters. The Morgan fingerprint density at radius 2 is 2.32 bits per heavy atom. The zero-order valence-electron chi connectivity index (χ0n) is 14.1. The van der Waals surface area contributed by atoms with E-state index >= 15 is 0 Å². The number of nitrogens with zero attached hydrogens (tertiary/aromatic N) is 4. The predicted octanol–water partition coefficient (Wildman–Crippen LogP) is 3.66. The number of aromatic nitrogens is 2. The van der Waals surface area contributed by atoms with Crippen LogP contribution in [-0.2, 0) is 6.54 Å². The average Bonchev–Trinajstić information content (AvgIpc) is 2.94. The van der Waals surface area contributed by atoms with Crippen LogP contribution in [0.3, 0.4) is 0 Å². The number of hydrogen-bond donors (Lipinski definition) is 1. The standard InChI is InChI=1S/C18H20ClN5O/c1-13-8-17(21-18(25)23-7-3-5-15(10-20)11-23)24(22-13)12-14-4-2-6-16(19)9-14/h2,4,6,8-9,15H,3,5,7,11-12H2,1H3,(H,21,25). The molecule has 1 unspecified atom stereocenters. The van der Waals surface area contributed by atoms with Gasteiger partial charge in [-0.25, -0.2) is 9.48 Å². The van der Waals surface area contributed by atoms with Crippen LogP contribution in [0.1, 0.15) is 24.1 Å². The van der Waals surface area contributed by atoms with Crippen molar-refractivity contribution in [3.8, 4) is 6.07 Å². The summed E-state index contributed by atoms with van der Waals surface area (Å²) in [6, 6.07) is 11.5. The van der Waals surface area contributed by atoms with Crippen molar-refractivity contribution < 1.29 is 4.79 Å². The molecule has 25 heavy (non-hydrogen) atoms. The normalized spacial score (nSPS) is 17.2. The van der Waals surface area contributed by atoms with E-state index in [9.17, 15) is 4.79 Å². The summed E-state index contributed by atoms with van der Waals surface area (Å²) in [5, 5.41) is 17.1. The summed E-state index contributed by atoms with van der Waals surface area (Å²) >= 11 is 6.04. The fourth-order valence-electron chi connectivity index (χ4n) is 3.03. The Labute approximate surface area is 152 Å². The number of aryl methyl sites for hydroxylation is 1. The van der Waals surface area contributed by atoms with Crippen molar-refractivity contribution in [2.24, 2.45) is 5.92 Å². The van der Waals surface area contributed by atoms with Crippen LogP contribution >= 0.6 is 11.6 Å². The maximum atomic E-state index is 12.5. The average molecular weight is 358 g/mol. The number of hydrogen-bond acceptors (Lipinski definition) is 3. The lowest BCUT2D eigenvalue weighted by atomic mass is 10.0. The van der Waals surface area contributed by atoms with Crippen LogP contribution in [0.25, 0.3) is 0 Å². The first-order valence-corrected chi connectivity index (χ1v) is 8.67. The van der Waals surface area contributed by atoms with E-state index in [0.29, 0.717) is 30.5 Å². The summed E-state index contributed by atoms with van der Waals surface area (Å²) in [6.07, 6.45) is 1.71. The van der Waals surface area contributed by atoms with Crippen molar-refractivity contribution in [2.45, 2.75) is 26.3 Å². The van der Waals surface area contributed by atoms with Crippen molar-refractivity contribution in [3.05, 3.63) is 46.6 Å². The molecule has 1 N–H and O–H groups in total. The van der Waals surface area contributed by atoms with Crippen LogP contribution in [0.4, 0.5) is 10.6 Å². The number of halogens is 1. The molecule has 2 aromatic rings. The van der Waals surface area contributed by atoms with Crippen molar-refractivity contribution in [1.82, 2.24) is 14.7 Å². The highest BCUT2D eigenvalue weighted by Crippen LogP contribution is 2.19. The Bertz CT molecular complexity index is 810. The Morgan fingerprint density at radius 1 is 1.48 bits per heavy atom. The summed E-state index contributed by atoms with van der Waals surface area (Å²) in [6.45, 7) is 3.55. The maximum Gasteiger partial charge on any atom is 0.323 e. The van der Waals surface area contributed by atoms with Gasteiger partial charge < -0.3 is 4.90 Å². The highest BCUT2D eigenvalue weighted by atomic mass is 35.5. The van der Waals surface area contributed by atoms with Crippen molar-refractivity contribution >= 4 is 23.4 Å². The molecule has 1 aliphatic rings. The van der Waals surface area contributed by atoms with Gasteiger partial charge in [0.25, 0.3) is 0 Å². The van der Waals surface area contributed by atoms with E-state index in [-0.39, 0.29) is 11.9 Å². The first-order chi connectivity index (χ1) is 12.0. The van der Waals surface area contributed by atoms with Crippen LogP contribution in [0.15, 0.2) is 30.3 Å². The van der Waals surface area contributed by atoms with Gasteiger partial charge in [-0.2, -0.15) is 10.4 Å². The number of rotatable bonds is 3. The molecule has 7 heteroatoms. The van der Waals surface area contributed by atoms with E-state index in [2.05, 4.69) is 16.5 Å². The molecule has 0 radical (unpaired) electrons. The van der Waals surface area contributed by atoms with Crippen LogP contribution in [0.5, 0.6) is 0 Å². The van der Waals surface area contributed by atoms with Crippen molar-refractivity contribution in [3.63, 3.8) is 0 Å². The van der Waals surface area contributed by atoms with Crippen LogP contribution < -0.4 is 5.32 Å². The minimum Gasteiger partial charge on any atom is -0.323 e. The number of piperidine rings is 1. The van der Waals surface area contributed by atoms with Gasteiger partial charge in [0, 0.05) is 24.2 Å². The Balaban J connectivity index is 1.72. The summed E-state index contributed by atoms with van der Waals surface area (Å²) in [4.78, 5) is 14.2. The molecule has 2 heterocycles. The summed E-state index contributed by atoms with van der Waals surface area (Å²) in [7, 11) is 0.